The minimum absolute atomic E-state index is 0.208. The van der Waals surface area contributed by atoms with E-state index in [0.29, 0.717) is 30.3 Å². The molecule has 1 aromatic heterocycles. The first-order valence-corrected chi connectivity index (χ1v) is 8.49. The van der Waals surface area contributed by atoms with E-state index in [9.17, 15) is 4.79 Å². The van der Waals surface area contributed by atoms with Gasteiger partial charge in [0.25, 0.3) is 0 Å². The summed E-state index contributed by atoms with van der Waals surface area (Å²) in [7, 11) is 0. The second-order valence-corrected chi connectivity index (χ2v) is 5.93. The van der Waals surface area contributed by atoms with E-state index in [1.807, 2.05) is 56.3 Å². The van der Waals surface area contributed by atoms with Crippen molar-refractivity contribution < 1.29 is 9.53 Å². The number of H-pyrrole nitrogens is 1. The van der Waals surface area contributed by atoms with Gasteiger partial charge in [-0.25, -0.2) is 0 Å². The molecule has 0 radical (unpaired) electrons. The molecule has 1 amide bonds. The zero-order valence-corrected chi connectivity index (χ0v) is 14.8. The van der Waals surface area contributed by atoms with E-state index >= 15 is 0 Å². The van der Waals surface area contributed by atoms with E-state index in [1.54, 1.807) is 0 Å². The molecule has 3 rings (SSSR count). The number of aryl methyl sites for hydroxylation is 1. The molecule has 0 aliphatic carbocycles. The predicted octanol–water partition coefficient (Wildman–Crippen LogP) is 2.87. The summed E-state index contributed by atoms with van der Waals surface area (Å²) in [5.74, 6) is 0.217. The number of aromatic nitrogens is 4. The predicted molar refractivity (Wildman–Crippen MR) is 98.0 cm³/mol. The van der Waals surface area contributed by atoms with Crippen LogP contribution in [0.2, 0.25) is 0 Å². The molecule has 0 spiro atoms. The summed E-state index contributed by atoms with van der Waals surface area (Å²) in [6, 6.07) is 15.4. The van der Waals surface area contributed by atoms with E-state index in [0.717, 1.165) is 11.1 Å². The Balaban J connectivity index is 1.84. The van der Waals surface area contributed by atoms with E-state index < -0.39 is 5.92 Å². The molecule has 2 aromatic carbocycles. The SMILES string of the molecule is CCOc1ccccc1NC(=O)C(Cc1cccc(C)c1)c1nn[nH]n1. The Hall–Kier alpha value is -3.22. The number of aromatic amines is 1. The number of anilines is 1. The van der Waals surface area contributed by atoms with Crippen LogP contribution < -0.4 is 10.1 Å². The zero-order chi connectivity index (χ0) is 18.4. The highest BCUT2D eigenvalue weighted by molar-refractivity contribution is 5.96. The van der Waals surface area contributed by atoms with Crippen LogP contribution in [0.3, 0.4) is 0 Å². The Morgan fingerprint density at radius 1 is 1.23 bits per heavy atom. The Morgan fingerprint density at radius 3 is 2.81 bits per heavy atom. The number of benzene rings is 2. The zero-order valence-electron chi connectivity index (χ0n) is 14.8. The van der Waals surface area contributed by atoms with Crippen molar-refractivity contribution in [2.45, 2.75) is 26.2 Å². The van der Waals surface area contributed by atoms with E-state index in [4.69, 9.17) is 4.74 Å². The maximum atomic E-state index is 13.0. The van der Waals surface area contributed by atoms with Crippen LogP contribution in [-0.4, -0.2) is 33.1 Å². The van der Waals surface area contributed by atoms with Gasteiger partial charge < -0.3 is 10.1 Å². The van der Waals surface area contributed by atoms with Gasteiger partial charge in [-0.2, -0.15) is 5.21 Å². The number of amides is 1. The molecule has 0 bridgehead atoms. The number of hydrogen-bond acceptors (Lipinski definition) is 5. The van der Waals surface area contributed by atoms with E-state index in [1.165, 1.54) is 0 Å². The monoisotopic (exact) mass is 351 g/mol. The Morgan fingerprint density at radius 2 is 2.08 bits per heavy atom. The number of rotatable bonds is 7. The summed E-state index contributed by atoms with van der Waals surface area (Å²) in [5, 5.41) is 17.0. The topological polar surface area (TPSA) is 92.8 Å². The first kappa shape index (κ1) is 17.6. The van der Waals surface area contributed by atoms with Crippen molar-refractivity contribution in [1.82, 2.24) is 20.6 Å². The smallest absolute Gasteiger partial charge is 0.235 e. The van der Waals surface area contributed by atoms with Crippen molar-refractivity contribution >= 4 is 11.6 Å². The number of hydrogen-bond donors (Lipinski definition) is 2. The summed E-state index contributed by atoms with van der Waals surface area (Å²) >= 11 is 0. The van der Waals surface area contributed by atoms with Crippen molar-refractivity contribution in [3.63, 3.8) is 0 Å². The molecule has 0 saturated carbocycles. The van der Waals surface area contributed by atoms with E-state index in [-0.39, 0.29) is 5.91 Å². The third kappa shape index (κ3) is 4.24. The lowest BCUT2D eigenvalue weighted by Crippen LogP contribution is -2.24. The molecule has 0 fully saturated rings. The lowest BCUT2D eigenvalue weighted by Gasteiger charge is -2.16. The number of carbonyl (C=O) groups excluding carboxylic acids is 1. The molecule has 0 aliphatic rings. The third-order valence-electron chi connectivity index (χ3n) is 3.96. The van der Waals surface area contributed by atoms with Crippen LogP contribution in [0, 0.1) is 6.92 Å². The minimum atomic E-state index is -0.565. The molecule has 0 aliphatic heterocycles. The molecule has 134 valence electrons. The summed E-state index contributed by atoms with van der Waals surface area (Å²) in [5.41, 5.74) is 2.79. The number of ether oxygens (including phenoxy) is 1. The van der Waals surface area contributed by atoms with Crippen LogP contribution in [-0.2, 0) is 11.2 Å². The van der Waals surface area contributed by atoms with Gasteiger partial charge in [0.05, 0.1) is 12.3 Å². The molecular formula is C19H21N5O2. The lowest BCUT2D eigenvalue weighted by atomic mass is 9.96. The fourth-order valence-corrected chi connectivity index (χ4v) is 2.76. The van der Waals surface area contributed by atoms with Gasteiger partial charge in [0.2, 0.25) is 5.91 Å². The molecule has 7 nitrogen and oxygen atoms in total. The maximum Gasteiger partial charge on any atom is 0.235 e. The maximum absolute atomic E-state index is 13.0. The Kier molecular flexibility index (Phi) is 5.58. The Bertz CT molecular complexity index is 864. The highest BCUT2D eigenvalue weighted by atomic mass is 16.5. The average Bonchev–Trinajstić information content (AvgIpc) is 3.16. The molecular weight excluding hydrogens is 330 g/mol. The highest BCUT2D eigenvalue weighted by Gasteiger charge is 2.26. The standard InChI is InChI=1S/C19H21N5O2/c1-3-26-17-10-5-4-9-16(17)20-19(25)15(18-21-23-24-22-18)12-14-8-6-7-13(2)11-14/h4-11,15H,3,12H2,1-2H3,(H,20,25)(H,21,22,23,24). The molecule has 1 heterocycles. The van der Waals surface area contributed by atoms with Gasteiger partial charge in [-0.15, -0.1) is 10.2 Å². The first-order chi connectivity index (χ1) is 12.7. The second-order valence-electron chi connectivity index (χ2n) is 5.93. The van der Waals surface area contributed by atoms with E-state index in [2.05, 4.69) is 32.0 Å². The van der Waals surface area contributed by atoms with Crippen molar-refractivity contribution in [2.75, 3.05) is 11.9 Å². The van der Waals surface area contributed by atoms with Crippen LogP contribution in [0.15, 0.2) is 48.5 Å². The number of para-hydroxylation sites is 2. The van der Waals surface area contributed by atoms with Gasteiger partial charge in [-0.1, -0.05) is 47.2 Å². The number of tetrazole rings is 1. The normalized spacial score (nSPS) is 11.8. The van der Waals surface area contributed by atoms with Gasteiger partial charge >= 0.3 is 0 Å². The van der Waals surface area contributed by atoms with Crippen LogP contribution in [0.4, 0.5) is 5.69 Å². The molecule has 7 heteroatoms. The average molecular weight is 351 g/mol. The van der Waals surface area contributed by atoms with Gasteiger partial charge in [0.1, 0.15) is 11.7 Å². The van der Waals surface area contributed by atoms with Crippen LogP contribution in [0.1, 0.15) is 29.8 Å². The van der Waals surface area contributed by atoms with Gasteiger partial charge in [-0.3, -0.25) is 4.79 Å². The molecule has 0 saturated heterocycles. The van der Waals surface area contributed by atoms with Crippen molar-refractivity contribution in [2.24, 2.45) is 0 Å². The van der Waals surface area contributed by atoms with Crippen LogP contribution in [0.25, 0.3) is 0 Å². The third-order valence-corrected chi connectivity index (χ3v) is 3.96. The van der Waals surface area contributed by atoms with Crippen LogP contribution in [0.5, 0.6) is 5.75 Å². The Labute approximate surface area is 151 Å². The lowest BCUT2D eigenvalue weighted by molar-refractivity contribution is -0.117. The van der Waals surface area contributed by atoms with Crippen molar-refractivity contribution in [1.29, 1.82) is 0 Å². The molecule has 1 atom stereocenters. The fourth-order valence-electron chi connectivity index (χ4n) is 2.76. The largest absolute Gasteiger partial charge is 0.492 e. The quantitative estimate of drug-likeness (QED) is 0.683. The van der Waals surface area contributed by atoms with Gasteiger partial charge in [0.15, 0.2) is 5.82 Å². The van der Waals surface area contributed by atoms with Crippen molar-refractivity contribution in [3.8, 4) is 5.75 Å². The second kappa shape index (κ2) is 8.24. The number of nitrogens with zero attached hydrogens (tertiary/aromatic N) is 3. The number of nitrogens with one attached hydrogen (secondary N) is 2. The van der Waals surface area contributed by atoms with Crippen LogP contribution >= 0.6 is 0 Å². The first-order valence-electron chi connectivity index (χ1n) is 8.49. The summed E-state index contributed by atoms with van der Waals surface area (Å²) in [6.07, 6.45) is 0.476. The summed E-state index contributed by atoms with van der Waals surface area (Å²) in [4.78, 5) is 13.0. The van der Waals surface area contributed by atoms with Gasteiger partial charge in [0, 0.05) is 0 Å². The molecule has 3 aromatic rings. The summed E-state index contributed by atoms with van der Waals surface area (Å²) < 4.78 is 5.58. The highest BCUT2D eigenvalue weighted by Crippen LogP contribution is 2.26. The fraction of sp³-hybridized carbons (Fsp3) is 0.263. The summed E-state index contributed by atoms with van der Waals surface area (Å²) in [6.45, 7) is 4.44. The minimum Gasteiger partial charge on any atom is -0.492 e. The van der Waals surface area contributed by atoms with Crippen molar-refractivity contribution in [3.05, 3.63) is 65.5 Å². The molecule has 26 heavy (non-hydrogen) atoms. The van der Waals surface area contributed by atoms with Gasteiger partial charge in [-0.05, 0) is 38.0 Å². The molecule has 1 unspecified atom stereocenters. The number of carbonyl (C=O) groups is 1. The molecule has 2 N–H and O–H groups in total.